The van der Waals surface area contributed by atoms with E-state index in [-0.39, 0.29) is 0 Å². The molecule has 0 aliphatic carbocycles. The highest BCUT2D eigenvalue weighted by atomic mass is 16.3. The van der Waals surface area contributed by atoms with Crippen molar-refractivity contribution < 1.29 is 4.42 Å². The van der Waals surface area contributed by atoms with E-state index in [1.54, 1.807) is 0 Å². The maximum atomic E-state index is 5.93. The van der Waals surface area contributed by atoms with Gasteiger partial charge in [0.15, 0.2) is 0 Å². The molecule has 0 fully saturated rings. The van der Waals surface area contributed by atoms with Crippen molar-refractivity contribution in [1.82, 2.24) is 0 Å². The maximum absolute atomic E-state index is 5.93. The van der Waals surface area contributed by atoms with Gasteiger partial charge in [0.25, 0.3) is 0 Å². The van der Waals surface area contributed by atoms with E-state index in [0.717, 1.165) is 33.3 Å². The third-order valence-corrected chi connectivity index (χ3v) is 5.41. The third kappa shape index (κ3) is 2.35. The van der Waals surface area contributed by atoms with Crippen LogP contribution in [0.2, 0.25) is 0 Å². The summed E-state index contributed by atoms with van der Waals surface area (Å²) in [6, 6.07) is 33.9. The summed E-state index contributed by atoms with van der Waals surface area (Å²) in [5, 5.41) is 10.9. The SMILES string of the molecule is c1ccc2c(c1)ccc1cc(Nc3ccc4oc5ccccc5c4c3)ccc12. The zero-order valence-corrected chi connectivity index (χ0v) is 15.1. The number of para-hydroxylation sites is 1. The molecule has 2 heteroatoms. The van der Waals surface area contributed by atoms with E-state index in [9.17, 15) is 0 Å². The lowest BCUT2D eigenvalue weighted by atomic mass is 10.0. The second-order valence-electron chi connectivity index (χ2n) is 7.16. The number of fused-ring (bicyclic) bond motifs is 6. The van der Waals surface area contributed by atoms with Crippen molar-refractivity contribution >= 4 is 54.9 Å². The Bertz CT molecular complexity index is 1490. The predicted molar refractivity (Wildman–Crippen MR) is 118 cm³/mol. The molecule has 0 aliphatic rings. The van der Waals surface area contributed by atoms with E-state index < -0.39 is 0 Å². The average Bonchev–Trinajstić information content (AvgIpc) is 3.11. The second kappa shape index (κ2) is 5.86. The molecular formula is C26H17NO. The Hall–Kier alpha value is -3.78. The molecule has 0 spiro atoms. The van der Waals surface area contributed by atoms with Gasteiger partial charge < -0.3 is 9.73 Å². The summed E-state index contributed by atoms with van der Waals surface area (Å²) < 4.78 is 5.93. The van der Waals surface area contributed by atoms with Crippen LogP contribution in [0.3, 0.4) is 0 Å². The van der Waals surface area contributed by atoms with E-state index in [1.165, 1.54) is 21.5 Å². The van der Waals surface area contributed by atoms with Crippen LogP contribution < -0.4 is 5.32 Å². The number of benzene rings is 5. The van der Waals surface area contributed by atoms with Gasteiger partial charge in [-0.2, -0.15) is 0 Å². The zero-order chi connectivity index (χ0) is 18.5. The van der Waals surface area contributed by atoms with E-state index in [4.69, 9.17) is 4.42 Å². The first-order chi connectivity index (χ1) is 13.8. The van der Waals surface area contributed by atoms with Gasteiger partial charge in [0.1, 0.15) is 11.2 Å². The third-order valence-electron chi connectivity index (χ3n) is 5.41. The minimum atomic E-state index is 0.914. The molecule has 1 N–H and O–H groups in total. The number of rotatable bonds is 2. The average molecular weight is 359 g/mol. The Labute approximate surface area is 162 Å². The van der Waals surface area contributed by atoms with Gasteiger partial charge >= 0.3 is 0 Å². The Balaban J connectivity index is 1.43. The monoisotopic (exact) mass is 359 g/mol. The van der Waals surface area contributed by atoms with Gasteiger partial charge in [0.05, 0.1) is 0 Å². The molecule has 0 bridgehead atoms. The van der Waals surface area contributed by atoms with Crippen molar-refractivity contribution in [3.63, 3.8) is 0 Å². The normalized spacial score (nSPS) is 11.6. The molecule has 5 aromatic carbocycles. The molecule has 0 amide bonds. The van der Waals surface area contributed by atoms with E-state index in [0.29, 0.717) is 0 Å². The molecule has 0 radical (unpaired) electrons. The predicted octanol–water partition coefficient (Wildman–Crippen LogP) is 7.64. The molecule has 28 heavy (non-hydrogen) atoms. The van der Waals surface area contributed by atoms with Crippen LogP contribution >= 0.6 is 0 Å². The topological polar surface area (TPSA) is 25.2 Å². The minimum absolute atomic E-state index is 0.914. The van der Waals surface area contributed by atoms with Gasteiger partial charge in [-0.1, -0.05) is 60.7 Å². The molecule has 0 saturated carbocycles. The van der Waals surface area contributed by atoms with Gasteiger partial charge in [0.2, 0.25) is 0 Å². The Morgan fingerprint density at radius 3 is 2.11 bits per heavy atom. The summed E-state index contributed by atoms with van der Waals surface area (Å²) in [6.45, 7) is 0. The quantitative estimate of drug-likeness (QED) is 0.321. The van der Waals surface area contributed by atoms with Crippen molar-refractivity contribution in [2.75, 3.05) is 5.32 Å². The van der Waals surface area contributed by atoms with Gasteiger partial charge in [-0.15, -0.1) is 0 Å². The standard InChI is InChI=1S/C26H17NO/c1-2-6-21-17(5-1)9-10-18-15-19(11-13-22(18)21)27-20-12-14-26-24(16-20)23-7-3-4-8-25(23)28-26/h1-16,27H. The largest absolute Gasteiger partial charge is 0.456 e. The molecule has 132 valence electrons. The van der Waals surface area contributed by atoms with Gasteiger partial charge in [-0.3, -0.25) is 0 Å². The van der Waals surface area contributed by atoms with Crippen molar-refractivity contribution in [2.24, 2.45) is 0 Å². The first-order valence-corrected chi connectivity index (χ1v) is 9.45. The van der Waals surface area contributed by atoms with E-state index in [1.807, 2.05) is 24.3 Å². The molecule has 0 aliphatic heterocycles. The molecule has 0 atom stereocenters. The molecule has 6 rings (SSSR count). The number of anilines is 2. The Kier molecular flexibility index (Phi) is 3.20. The molecule has 2 nitrogen and oxygen atoms in total. The molecule has 0 unspecified atom stereocenters. The van der Waals surface area contributed by atoms with Gasteiger partial charge in [0, 0.05) is 22.1 Å². The highest BCUT2D eigenvalue weighted by Gasteiger charge is 2.07. The number of hydrogen-bond acceptors (Lipinski definition) is 2. The van der Waals surface area contributed by atoms with Crippen molar-refractivity contribution in [1.29, 1.82) is 0 Å². The smallest absolute Gasteiger partial charge is 0.135 e. The van der Waals surface area contributed by atoms with Crippen LogP contribution in [0.25, 0.3) is 43.5 Å². The summed E-state index contributed by atoms with van der Waals surface area (Å²) in [6.07, 6.45) is 0. The molecular weight excluding hydrogens is 342 g/mol. The Morgan fingerprint density at radius 1 is 0.464 bits per heavy atom. The molecule has 1 heterocycles. The molecule has 0 saturated heterocycles. The number of furan rings is 1. The van der Waals surface area contributed by atoms with Gasteiger partial charge in [-0.25, -0.2) is 0 Å². The fourth-order valence-corrected chi connectivity index (χ4v) is 4.06. The summed E-state index contributed by atoms with van der Waals surface area (Å²) in [7, 11) is 0. The first-order valence-electron chi connectivity index (χ1n) is 9.45. The summed E-state index contributed by atoms with van der Waals surface area (Å²) in [4.78, 5) is 0. The summed E-state index contributed by atoms with van der Waals surface area (Å²) in [5.41, 5.74) is 3.97. The van der Waals surface area contributed by atoms with Crippen LogP contribution in [0.15, 0.2) is 101 Å². The highest BCUT2D eigenvalue weighted by molar-refractivity contribution is 6.09. The summed E-state index contributed by atoms with van der Waals surface area (Å²) in [5.74, 6) is 0. The second-order valence-corrected chi connectivity index (χ2v) is 7.16. The lowest BCUT2D eigenvalue weighted by molar-refractivity contribution is 0.669. The number of nitrogens with one attached hydrogen (secondary N) is 1. The fraction of sp³-hybridized carbons (Fsp3) is 0. The number of hydrogen-bond donors (Lipinski definition) is 1. The zero-order valence-electron chi connectivity index (χ0n) is 15.1. The molecule has 1 aromatic heterocycles. The maximum Gasteiger partial charge on any atom is 0.135 e. The lowest BCUT2D eigenvalue weighted by Gasteiger charge is -2.09. The lowest BCUT2D eigenvalue weighted by Crippen LogP contribution is -1.90. The van der Waals surface area contributed by atoms with Crippen molar-refractivity contribution in [3.05, 3.63) is 97.1 Å². The van der Waals surface area contributed by atoms with Crippen LogP contribution in [0, 0.1) is 0 Å². The van der Waals surface area contributed by atoms with Crippen LogP contribution in [0.1, 0.15) is 0 Å². The van der Waals surface area contributed by atoms with Gasteiger partial charge in [-0.05, 0) is 57.9 Å². The minimum Gasteiger partial charge on any atom is -0.456 e. The molecule has 6 aromatic rings. The van der Waals surface area contributed by atoms with E-state index >= 15 is 0 Å². The van der Waals surface area contributed by atoms with E-state index in [2.05, 4.69) is 78.1 Å². The van der Waals surface area contributed by atoms with Crippen molar-refractivity contribution in [2.45, 2.75) is 0 Å². The van der Waals surface area contributed by atoms with Crippen LogP contribution in [0.5, 0.6) is 0 Å². The van der Waals surface area contributed by atoms with Crippen LogP contribution in [-0.2, 0) is 0 Å². The van der Waals surface area contributed by atoms with Crippen LogP contribution in [-0.4, -0.2) is 0 Å². The van der Waals surface area contributed by atoms with Crippen LogP contribution in [0.4, 0.5) is 11.4 Å². The fourth-order valence-electron chi connectivity index (χ4n) is 4.06. The first kappa shape index (κ1) is 15.3. The summed E-state index contributed by atoms with van der Waals surface area (Å²) >= 11 is 0. The Morgan fingerprint density at radius 2 is 1.14 bits per heavy atom. The van der Waals surface area contributed by atoms with Crippen molar-refractivity contribution in [3.8, 4) is 0 Å². The highest BCUT2D eigenvalue weighted by Crippen LogP contribution is 2.32.